The van der Waals surface area contributed by atoms with Gasteiger partial charge < -0.3 is 10.6 Å². The Labute approximate surface area is 102 Å². The normalized spacial score (nSPS) is 11.2. The minimum atomic E-state index is -2.94. The van der Waals surface area contributed by atoms with Crippen molar-refractivity contribution in [2.75, 3.05) is 35.7 Å². The lowest BCUT2D eigenvalue weighted by atomic mass is 10.5. The summed E-state index contributed by atoms with van der Waals surface area (Å²) >= 11 is 0. The van der Waals surface area contributed by atoms with Crippen LogP contribution in [0.5, 0.6) is 0 Å². The first-order chi connectivity index (χ1) is 8.01. The van der Waals surface area contributed by atoms with Gasteiger partial charge >= 0.3 is 0 Å². The quantitative estimate of drug-likeness (QED) is 0.751. The molecule has 96 valence electrons. The van der Waals surface area contributed by atoms with Crippen molar-refractivity contribution in [3.63, 3.8) is 0 Å². The van der Waals surface area contributed by atoms with E-state index in [1.807, 2.05) is 0 Å². The van der Waals surface area contributed by atoms with Gasteiger partial charge in [-0.1, -0.05) is 6.92 Å². The van der Waals surface area contributed by atoms with Gasteiger partial charge in [0.1, 0.15) is 15.7 Å². The first-order valence-corrected chi connectivity index (χ1v) is 7.56. The molecule has 0 radical (unpaired) electrons. The van der Waals surface area contributed by atoms with Crippen LogP contribution in [-0.2, 0) is 9.84 Å². The van der Waals surface area contributed by atoms with E-state index in [-0.39, 0.29) is 5.75 Å². The third-order valence-electron chi connectivity index (χ3n) is 1.97. The number of hydrogen-bond acceptors (Lipinski definition) is 6. The van der Waals surface area contributed by atoms with Crippen LogP contribution in [0.3, 0.4) is 0 Å². The second-order valence-electron chi connectivity index (χ2n) is 3.75. The molecule has 0 aliphatic carbocycles. The zero-order chi connectivity index (χ0) is 12.7. The van der Waals surface area contributed by atoms with E-state index in [1.54, 1.807) is 12.3 Å². The van der Waals surface area contributed by atoms with Crippen LogP contribution in [0.25, 0.3) is 0 Å². The predicted octanol–water partition coefficient (Wildman–Crippen LogP) is 0.755. The summed E-state index contributed by atoms with van der Waals surface area (Å²) < 4.78 is 21.9. The third kappa shape index (κ3) is 6.06. The smallest absolute Gasteiger partial charge is 0.224 e. The molecule has 0 fully saturated rings. The van der Waals surface area contributed by atoms with Crippen molar-refractivity contribution in [3.05, 3.63) is 12.3 Å². The van der Waals surface area contributed by atoms with E-state index < -0.39 is 9.84 Å². The summed E-state index contributed by atoms with van der Waals surface area (Å²) in [6, 6.07) is 1.71. The van der Waals surface area contributed by atoms with E-state index in [4.69, 9.17) is 0 Å². The highest BCUT2D eigenvalue weighted by atomic mass is 32.2. The van der Waals surface area contributed by atoms with Gasteiger partial charge in [-0.2, -0.15) is 4.98 Å². The molecule has 1 rings (SSSR count). The molecule has 1 aromatic heterocycles. The van der Waals surface area contributed by atoms with Crippen molar-refractivity contribution in [2.24, 2.45) is 0 Å². The van der Waals surface area contributed by atoms with Gasteiger partial charge in [0.25, 0.3) is 0 Å². The maximum atomic E-state index is 10.9. The second kappa shape index (κ2) is 6.39. The topological polar surface area (TPSA) is 84.0 Å². The van der Waals surface area contributed by atoms with Crippen LogP contribution in [0, 0.1) is 0 Å². The van der Waals surface area contributed by atoms with Gasteiger partial charge in [-0.05, 0) is 12.5 Å². The number of anilines is 2. The van der Waals surface area contributed by atoms with Crippen LogP contribution in [0.2, 0.25) is 0 Å². The highest BCUT2D eigenvalue weighted by Crippen LogP contribution is 2.05. The van der Waals surface area contributed by atoms with E-state index in [9.17, 15) is 8.42 Å². The summed E-state index contributed by atoms with van der Waals surface area (Å²) in [5.74, 6) is 1.27. The molecule has 7 heteroatoms. The molecule has 0 saturated heterocycles. The summed E-state index contributed by atoms with van der Waals surface area (Å²) in [7, 11) is -2.94. The van der Waals surface area contributed by atoms with E-state index in [1.165, 1.54) is 6.26 Å². The molecule has 0 amide bonds. The number of nitrogens with one attached hydrogen (secondary N) is 2. The van der Waals surface area contributed by atoms with E-state index >= 15 is 0 Å². The summed E-state index contributed by atoms with van der Waals surface area (Å²) in [5, 5.41) is 6.01. The standard InChI is InChI=1S/C10H18N4O2S/c1-3-5-12-10-13-6-4-9(14-10)11-7-8-17(2,15)16/h4,6H,3,5,7-8H2,1-2H3,(H2,11,12,13,14). The molecule has 0 aliphatic heterocycles. The minimum absolute atomic E-state index is 0.0920. The summed E-state index contributed by atoms with van der Waals surface area (Å²) in [6.07, 6.45) is 3.84. The summed E-state index contributed by atoms with van der Waals surface area (Å²) in [6.45, 7) is 3.22. The van der Waals surface area contributed by atoms with Crippen molar-refractivity contribution in [1.82, 2.24) is 9.97 Å². The minimum Gasteiger partial charge on any atom is -0.369 e. The number of sulfone groups is 1. The summed E-state index contributed by atoms with van der Waals surface area (Å²) in [4.78, 5) is 8.25. The second-order valence-corrected chi connectivity index (χ2v) is 6.01. The number of nitrogens with zero attached hydrogens (tertiary/aromatic N) is 2. The highest BCUT2D eigenvalue weighted by Gasteiger charge is 2.02. The van der Waals surface area contributed by atoms with Crippen molar-refractivity contribution < 1.29 is 8.42 Å². The van der Waals surface area contributed by atoms with Gasteiger partial charge in [0.05, 0.1) is 5.75 Å². The van der Waals surface area contributed by atoms with Crippen molar-refractivity contribution in [2.45, 2.75) is 13.3 Å². The van der Waals surface area contributed by atoms with Crippen molar-refractivity contribution in [3.8, 4) is 0 Å². The molecule has 0 bridgehead atoms. The molecule has 2 N–H and O–H groups in total. The Morgan fingerprint density at radius 2 is 2.06 bits per heavy atom. The zero-order valence-corrected chi connectivity index (χ0v) is 10.9. The lowest BCUT2D eigenvalue weighted by Crippen LogP contribution is -2.15. The first kappa shape index (κ1) is 13.7. The monoisotopic (exact) mass is 258 g/mol. The van der Waals surface area contributed by atoms with Gasteiger partial charge in [-0.15, -0.1) is 0 Å². The number of rotatable bonds is 7. The van der Waals surface area contributed by atoms with Crippen LogP contribution in [0.15, 0.2) is 12.3 Å². The maximum Gasteiger partial charge on any atom is 0.224 e. The SMILES string of the molecule is CCCNc1nccc(NCCS(C)(=O)=O)n1. The largest absolute Gasteiger partial charge is 0.369 e. The molecule has 0 aliphatic rings. The van der Waals surface area contributed by atoms with Crippen molar-refractivity contribution in [1.29, 1.82) is 0 Å². The maximum absolute atomic E-state index is 10.9. The number of aromatic nitrogens is 2. The van der Waals surface area contributed by atoms with E-state index in [0.29, 0.717) is 18.3 Å². The molecule has 0 atom stereocenters. The fourth-order valence-electron chi connectivity index (χ4n) is 1.14. The van der Waals surface area contributed by atoms with E-state index in [0.717, 1.165) is 13.0 Å². The lowest BCUT2D eigenvalue weighted by Gasteiger charge is -2.07. The molecule has 1 heterocycles. The highest BCUT2D eigenvalue weighted by molar-refractivity contribution is 7.90. The molecule has 0 spiro atoms. The van der Waals surface area contributed by atoms with Crippen molar-refractivity contribution >= 4 is 21.6 Å². The van der Waals surface area contributed by atoms with Crippen LogP contribution in [0.1, 0.15) is 13.3 Å². The molecular weight excluding hydrogens is 240 g/mol. The molecule has 0 aromatic carbocycles. The Kier molecular flexibility index (Phi) is 5.14. The molecule has 0 unspecified atom stereocenters. The fourth-order valence-corrected chi connectivity index (χ4v) is 1.62. The van der Waals surface area contributed by atoms with Gasteiger partial charge in [-0.25, -0.2) is 13.4 Å². The molecule has 0 saturated carbocycles. The average molecular weight is 258 g/mol. The Balaban J connectivity index is 2.48. The average Bonchev–Trinajstić information content (AvgIpc) is 2.25. The predicted molar refractivity (Wildman–Crippen MR) is 69.0 cm³/mol. The van der Waals surface area contributed by atoms with Crippen LogP contribution < -0.4 is 10.6 Å². The molecular formula is C10H18N4O2S. The lowest BCUT2D eigenvalue weighted by molar-refractivity contribution is 0.602. The first-order valence-electron chi connectivity index (χ1n) is 5.50. The van der Waals surface area contributed by atoms with Gasteiger partial charge in [0.15, 0.2) is 0 Å². The Hall–Kier alpha value is -1.37. The van der Waals surface area contributed by atoms with Gasteiger partial charge in [-0.3, -0.25) is 0 Å². The molecule has 6 nitrogen and oxygen atoms in total. The third-order valence-corrected chi connectivity index (χ3v) is 2.91. The Morgan fingerprint density at radius 1 is 1.29 bits per heavy atom. The fraction of sp³-hybridized carbons (Fsp3) is 0.600. The zero-order valence-electron chi connectivity index (χ0n) is 10.1. The number of hydrogen-bond donors (Lipinski definition) is 2. The van der Waals surface area contributed by atoms with Gasteiger partial charge in [0, 0.05) is 25.5 Å². The molecule has 1 aromatic rings. The Morgan fingerprint density at radius 3 is 2.71 bits per heavy atom. The van der Waals surface area contributed by atoms with Gasteiger partial charge in [0.2, 0.25) is 5.95 Å². The Bertz CT molecular complexity index is 447. The summed E-state index contributed by atoms with van der Waals surface area (Å²) in [5.41, 5.74) is 0. The molecule has 17 heavy (non-hydrogen) atoms. The van der Waals surface area contributed by atoms with E-state index in [2.05, 4.69) is 27.5 Å². The van der Waals surface area contributed by atoms with Crippen LogP contribution in [0.4, 0.5) is 11.8 Å². The van der Waals surface area contributed by atoms with Crippen LogP contribution in [-0.4, -0.2) is 43.5 Å². The van der Waals surface area contributed by atoms with Crippen LogP contribution >= 0.6 is 0 Å².